The molecule has 0 aromatic carbocycles. The van der Waals surface area contributed by atoms with Gasteiger partial charge >= 0.3 is 35.8 Å². The van der Waals surface area contributed by atoms with E-state index >= 15 is 0 Å². The van der Waals surface area contributed by atoms with Crippen molar-refractivity contribution in [2.24, 2.45) is 47.3 Å². The molecule has 0 bridgehead atoms. The molecule has 0 saturated heterocycles. The summed E-state index contributed by atoms with van der Waals surface area (Å²) in [5.41, 5.74) is 0. The summed E-state index contributed by atoms with van der Waals surface area (Å²) in [7, 11) is 8.45. The summed E-state index contributed by atoms with van der Waals surface area (Å²) in [6, 6.07) is 0. The molecular formula is C75H140O12. The van der Waals surface area contributed by atoms with Gasteiger partial charge in [-0.3, -0.25) is 28.8 Å². The molecule has 0 rings (SSSR count). The number of carbonyl (C=O) groups excluding carboxylic acids is 6. The van der Waals surface area contributed by atoms with Gasteiger partial charge < -0.3 is 28.4 Å². The minimum Gasteiger partial charge on any atom is -0.469 e. The smallest absolute Gasteiger partial charge is 0.305 e. The van der Waals surface area contributed by atoms with Crippen molar-refractivity contribution >= 4 is 35.8 Å². The van der Waals surface area contributed by atoms with Crippen LogP contribution in [0.4, 0.5) is 0 Å². The molecule has 0 saturated carbocycles. The molecule has 0 aliphatic rings. The van der Waals surface area contributed by atoms with Crippen molar-refractivity contribution in [3.63, 3.8) is 0 Å². The van der Waals surface area contributed by atoms with Crippen LogP contribution in [0.3, 0.4) is 0 Å². The van der Waals surface area contributed by atoms with Crippen LogP contribution >= 0.6 is 0 Å². The standard InChI is InChI=1S/C75H140O12/c1-11-14-17-20-23-26-29-32-35-38-41-44-47-50-62(4)68(60-74(80)86-9)66(58-72(78)84-7)56-65(52-49-46-43-40-37-34-31-28-25-22-19-16-13-3)69(61-75(81)87-10)67(59-73(79)85-8)55-63(64(57-71(77)83-6)53-54-70(76)82-5)51-48-45-42-39-36-33-30-27-24-21-18-15-12-2/h62-69H,11-61H2,1-10H3. The molecule has 0 radical (unpaired) electrons. The SMILES string of the molecule is CCCCCCCCCCCCCCCC(C)C(CC(=O)OC)C(CC(=O)OC)CC(CCCCCCCCCCCCCCC)C(CC(=O)OC)C(CC(=O)OC)CC(CCCCCCCCCCCCCCC)C(CCC(=O)OC)CC(=O)OC. The zero-order valence-electron chi connectivity index (χ0n) is 58.6. The maximum Gasteiger partial charge on any atom is 0.305 e. The molecule has 0 aromatic rings. The number of unbranched alkanes of at least 4 members (excludes halogenated alkanes) is 36. The van der Waals surface area contributed by atoms with E-state index in [1.54, 1.807) is 0 Å². The van der Waals surface area contributed by atoms with Crippen LogP contribution in [0.25, 0.3) is 0 Å². The van der Waals surface area contributed by atoms with Crippen LogP contribution < -0.4 is 0 Å². The highest BCUT2D eigenvalue weighted by Crippen LogP contribution is 2.45. The number of rotatable bonds is 64. The molecule has 0 spiro atoms. The average molecular weight is 1230 g/mol. The Labute approximate surface area is 535 Å². The fraction of sp³-hybridized carbons (Fsp3) is 0.920. The molecule has 0 heterocycles. The van der Waals surface area contributed by atoms with Crippen molar-refractivity contribution in [1.29, 1.82) is 0 Å². The molecule has 87 heavy (non-hydrogen) atoms. The first kappa shape index (κ1) is 83.8. The summed E-state index contributed by atoms with van der Waals surface area (Å²) >= 11 is 0. The van der Waals surface area contributed by atoms with Gasteiger partial charge in [-0.1, -0.05) is 297 Å². The van der Waals surface area contributed by atoms with Gasteiger partial charge in [0.2, 0.25) is 0 Å². The Morgan fingerprint density at radius 1 is 0.241 bits per heavy atom. The Balaban J connectivity index is 7.32. The monoisotopic (exact) mass is 1230 g/mol. The van der Waals surface area contributed by atoms with Gasteiger partial charge in [-0.2, -0.15) is 0 Å². The van der Waals surface area contributed by atoms with Crippen molar-refractivity contribution in [1.82, 2.24) is 0 Å². The van der Waals surface area contributed by atoms with Gasteiger partial charge in [0.25, 0.3) is 0 Å². The van der Waals surface area contributed by atoms with E-state index in [2.05, 4.69) is 27.7 Å². The fourth-order valence-electron chi connectivity index (χ4n) is 14.1. The summed E-state index contributed by atoms with van der Waals surface area (Å²) in [6.07, 6.45) is 52.6. The number of ether oxygens (including phenoxy) is 6. The van der Waals surface area contributed by atoms with Crippen LogP contribution in [0.2, 0.25) is 0 Å². The van der Waals surface area contributed by atoms with E-state index in [1.165, 1.54) is 235 Å². The lowest BCUT2D eigenvalue weighted by molar-refractivity contribution is -0.148. The van der Waals surface area contributed by atoms with Crippen molar-refractivity contribution in [3.8, 4) is 0 Å². The zero-order chi connectivity index (χ0) is 64.4. The number of hydrogen-bond acceptors (Lipinski definition) is 12. The topological polar surface area (TPSA) is 158 Å². The van der Waals surface area contributed by atoms with Crippen molar-refractivity contribution in [3.05, 3.63) is 0 Å². The normalized spacial score (nSPS) is 14.3. The maximum atomic E-state index is 14.1. The number of esters is 6. The molecule has 0 N–H and O–H groups in total. The Morgan fingerprint density at radius 2 is 0.483 bits per heavy atom. The van der Waals surface area contributed by atoms with Gasteiger partial charge in [-0.15, -0.1) is 0 Å². The summed E-state index contributed by atoms with van der Waals surface area (Å²) in [4.78, 5) is 81.5. The number of carbonyl (C=O) groups is 6. The maximum absolute atomic E-state index is 14.1. The van der Waals surface area contributed by atoms with Crippen LogP contribution in [-0.4, -0.2) is 78.5 Å². The molecular weight excluding hydrogens is 1090 g/mol. The van der Waals surface area contributed by atoms with Gasteiger partial charge in [0, 0.05) is 38.5 Å². The molecule has 8 atom stereocenters. The van der Waals surface area contributed by atoms with E-state index in [9.17, 15) is 28.8 Å². The van der Waals surface area contributed by atoms with E-state index in [0.29, 0.717) is 19.3 Å². The average Bonchev–Trinajstić information content (AvgIpc) is 3.72. The second-order valence-corrected chi connectivity index (χ2v) is 26.7. The molecule has 12 heteroatoms. The highest BCUT2D eigenvalue weighted by Gasteiger charge is 2.40. The molecule has 0 aliphatic carbocycles. The third-order valence-corrected chi connectivity index (χ3v) is 19.7. The lowest BCUT2D eigenvalue weighted by atomic mass is 9.65. The Hall–Kier alpha value is -3.18. The van der Waals surface area contributed by atoms with Crippen LogP contribution in [-0.2, 0) is 57.2 Å². The Kier molecular flexibility index (Phi) is 58.2. The van der Waals surface area contributed by atoms with Gasteiger partial charge in [0.1, 0.15) is 0 Å². The second-order valence-electron chi connectivity index (χ2n) is 26.7. The summed E-state index contributed by atoms with van der Waals surface area (Å²) < 4.78 is 32.3. The van der Waals surface area contributed by atoms with Crippen LogP contribution in [0, 0.1) is 47.3 Å². The molecule has 512 valence electrons. The van der Waals surface area contributed by atoms with E-state index in [4.69, 9.17) is 28.4 Å². The fourth-order valence-corrected chi connectivity index (χ4v) is 14.1. The summed E-state index contributed by atoms with van der Waals surface area (Å²) in [6.45, 7) is 9.01. The van der Waals surface area contributed by atoms with E-state index < -0.39 is 0 Å². The summed E-state index contributed by atoms with van der Waals surface area (Å²) in [5.74, 6) is -3.78. The molecule has 8 unspecified atom stereocenters. The van der Waals surface area contributed by atoms with Crippen molar-refractivity contribution < 1.29 is 57.2 Å². The Morgan fingerprint density at radius 3 is 0.805 bits per heavy atom. The molecule has 0 aliphatic heterocycles. The van der Waals surface area contributed by atoms with E-state index in [1.807, 2.05) is 0 Å². The third-order valence-electron chi connectivity index (χ3n) is 19.7. The quantitative estimate of drug-likeness (QED) is 0.0323. The predicted octanol–water partition coefficient (Wildman–Crippen LogP) is 20.9. The highest BCUT2D eigenvalue weighted by molar-refractivity contribution is 5.72. The lowest BCUT2D eigenvalue weighted by Gasteiger charge is -2.40. The number of methoxy groups -OCH3 is 6. The first-order chi connectivity index (χ1) is 42.3. The summed E-state index contributed by atoms with van der Waals surface area (Å²) in [5, 5.41) is 0. The zero-order valence-corrected chi connectivity index (χ0v) is 58.6. The largest absolute Gasteiger partial charge is 0.469 e. The van der Waals surface area contributed by atoms with Gasteiger partial charge in [0.15, 0.2) is 0 Å². The third kappa shape index (κ3) is 47.4. The first-order valence-corrected chi connectivity index (χ1v) is 36.7. The van der Waals surface area contributed by atoms with E-state index in [-0.39, 0.29) is 122 Å². The Bertz CT molecular complexity index is 1630. The lowest BCUT2D eigenvalue weighted by Crippen LogP contribution is -2.35. The van der Waals surface area contributed by atoms with Crippen LogP contribution in [0.1, 0.15) is 355 Å². The van der Waals surface area contributed by atoms with E-state index in [0.717, 1.165) is 77.0 Å². The first-order valence-electron chi connectivity index (χ1n) is 36.7. The minimum absolute atomic E-state index is 0.0486. The van der Waals surface area contributed by atoms with Crippen molar-refractivity contribution in [2.75, 3.05) is 42.7 Å². The highest BCUT2D eigenvalue weighted by atomic mass is 16.5. The van der Waals surface area contributed by atoms with Crippen molar-refractivity contribution in [2.45, 2.75) is 355 Å². The minimum atomic E-state index is -0.380. The second kappa shape index (κ2) is 60.4. The molecule has 0 amide bonds. The van der Waals surface area contributed by atoms with Gasteiger partial charge in [-0.05, 0) is 66.6 Å². The predicted molar refractivity (Wildman–Crippen MR) is 358 cm³/mol. The molecule has 12 nitrogen and oxygen atoms in total. The van der Waals surface area contributed by atoms with Gasteiger partial charge in [0.05, 0.1) is 42.7 Å². The molecule has 0 aromatic heterocycles. The van der Waals surface area contributed by atoms with Gasteiger partial charge in [-0.25, -0.2) is 0 Å². The van der Waals surface area contributed by atoms with Crippen LogP contribution in [0.5, 0.6) is 0 Å². The number of hydrogen-bond donors (Lipinski definition) is 0. The van der Waals surface area contributed by atoms with Crippen LogP contribution in [0.15, 0.2) is 0 Å². The molecule has 0 fully saturated rings.